The third-order valence-corrected chi connectivity index (χ3v) is 4.89. The predicted octanol–water partition coefficient (Wildman–Crippen LogP) is -0.596. The highest BCUT2D eigenvalue weighted by atomic mass is 16.3. The van der Waals surface area contributed by atoms with E-state index in [1.54, 1.807) is 19.2 Å². The zero-order chi connectivity index (χ0) is 19.7. The Labute approximate surface area is 154 Å². The minimum Gasteiger partial charge on any atom is -0.388 e. The van der Waals surface area contributed by atoms with Crippen LogP contribution in [0.2, 0.25) is 0 Å². The van der Waals surface area contributed by atoms with Gasteiger partial charge in [-0.15, -0.1) is 0 Å². The number of pyridine rings is 1. The fourth-order valence-corrected chi connectivity index (χ4v) is 3.38. The lowest BCUT2D eigenvalue weighted by molar-refractivity contribution is -0.0570. The standard InChI is InChI=1S/C18H22N4O5/c1-9-5-11(7-19-6-9)17(26)20-12-3-4-13(15(24)14(12)23)22-8-10(2)16(25)21-18(22)27/h5-8,12-15,23-24H,3-4H2,1-2H3,(H,20,26)(H,21,25,27)/t12-,13-,14-,15-/m1/s1. The van der Waals surface area contributed by atoms with Crippen molar-refractivity contribution in [2.45, 2.75) is 51.0 Å². The van der Waals surface area contributed by atoms with Gasteiger partial charge in [0.2, 0.25) is 0 Å². The van der Waals surface area contributed by atoms with Crippen LogP contribution in [0.25, 0.3) is 0 Å². The van der Waals surface area contributed by atoms with Crippen LogP contribution in [0.1, 0.15) is 40.4 Å². The molecule has 0 spiro atoms. The van der Waals surface area contributed by atoms with E-state index in [1.165, 1.54) is 17.0 Å². The van der Waals surface area contributed by atoms with E-state index < -0.39 is 41.4 Å². The molecule has 0 aromatic carbocycles. The highest BCUT2D eigenvalue weighted by Gasteiger charge is 2.39. The van der Waals surface area contributed by atoms with Crippen molar-refractivity contribution in [3.63, 3.8) is 0 Å². The molecule has 4 N–H and O–H groups in total. The smallest absolute Gasteiger partial charge is 0.328 e. The molecule has 2 heterocycles. The third kappa shape index (κ3) is 3.83. The van der Waals surface area contributed by atoms with Gasteiger partial charge in [0, 0.05) is 24.2 Å². The Kier molecular flexibility index (Phi) is 5.24. The van der Waals surface area contributed by atoms with E-state index in [1.807, 2.05) is 6.92 Å². The fraction of sp³-hybridized carbons (Fsp3) is 0.444. The van der Waals surface area contributed by atoms with Crippen molar-refractivity contribution < 1.29 is 15.0 Å². The van der Waals surface area contributed by atoms with Gasteiger partial charge in [0.15, 0.2) is 0 Å². The largest absolute Gasteiger partial charge is 0.388 e. The first kappa shape index (κ1) is 19.0. The number of carbonyl (C=O) groups excluding carboxylic acids is 1. The monoisotopic (exact) mass is 374 g/mol. The van der Waals surface area contributed by atoms with Crippen molar-refractivity contribution in [3.8, 4) is 0 Å². The minimum absolute atomic E-state index is 0.332. The van der Waals surface area contributed by atoms with E-state index in [-0.39, 0.29) is 0 Å². The van der Waals surface area contributed by atoms with Gasteiger partial charge in [-0.05, 0) is 38.3 Å². The van der Waals surface area contributed by atoms with Gasteiger partial charge in [-0.3, -0.25) is 24.1 Å². The van der Waals surface area contributed by atoms with E-state index in [4.69, 9.17) is 0 Å². The molecule has 1 aliphatic carbocycles. The molecule has 1 amide bonds. The number of carbonyl (C=O) groups is 1. The molecule has 1 saturated carbocycles. The number of rotatable bonds is 3. The molecule has 9 nitrogen and oxygen atoms in total. The second-order valence-electron chi connectivity index (χ2n) is 6.94. The zero-order valence-electron chi connectivity index (χ0n) is 15.0. The summed E-state index contributed by atoms with van der Waals surface area (Å²) in [4.78, 5) is 42.1. The van der Waals surface area contributed by atoms with Crippen LogP contribution in [0.4, 0.5) is 0 Å². The van der Waals surface area contributed by atoms with E-state index in [9.17, 15) is 24.6 Å². The summed E-state index contributed by atoms with van der Waals surface area (Å²) in [5, 5.41) is 23.7. The number of hydrogen-bond donors (Lipinski definition) is 4. The number of aromatic amines is 1. The number of aliphatic hydroxyl groups excluding tert-OH is 2. The Bertz CT molecular complexity index is 967. The summed E-state index contributed by atoms with van der Waals surface area (Å²) in [5.74, 6) is -0.391. The zero-order valence-corrected chi connectivity index (χ0v) is 15.0. The van der Waals surface area contributed by atoms with Gasteiger partial charge >= 0.3 is 5.69 Å². The number of nitrogens with one attached hydrogen (secondary N) is 2. The Morgan fingerprint density at radius 2 is 1.96 bits per heavy atom. The molecule has 27 heavy (non-hydrogen) atoms. The topological polar surface area (TPSA) is 137 Å². The van der Waals surface area contributed by atoms with Crippen LogP contribution in [0.15, 0.2) is 34.2 Å². The molecular formula is C18H22N4O5. The summed E-state index contributed by atoms with van der Waals surface area (Å²) in [7, 11) is 0. The summed E-state index contributed by atoms with van der Waals surface area (Å²) >= 11 is 0. The van der Waals surface area contributed by atoms with Gasteiger partial charge in [-0.1, -0.05) is 0 Å². The first-order valence-electron chi connectivity index (χ1n) is 8.68. The lowest BCUT2D eigenvalue weighted by Crippen LogP contribution is -2.55. The third-order valence-electron chi connectivity index (χ3n) is 4.89. The lowest BCUT2D eigenvalue weighted by Gasteiger charge is -2.38. The van der Waals surface area contributed by atoms with Crippen LogP contribution in [0.3, 0.4) is 0 Å². The highest BCUT2D eigenvalue weighted by molar-refractivity contribution is 5.94. The Morgan fingerprint density at radius 3 is 2.67 bits per heavy atom. The van der Waals surface area contributed by atoms with Gasteiger partial charge in [0.1, 0.15) is 12.2 Å². The number of nitrogens with zero attached hydrogens (tertiary/aromatic N) is 2. The minimum atomic E-state index is -1.28. The van der Waals surface area contributed by atoms with Crippen LogP contribution >= 0.6 is 0 Å². The van der Waals surface area contributed by atoms with Crippen LogP contribution in [0, 0.1) is 13.8 Å². The van der Waals surface area contributed by atoms with Crippen molar-refractivity contribution in [3.05, 3.63) is 62.2 Å². The van der Waals surface area contributed by atoms with Crippen molar-refractivity contribution in [1.82, 2.24) is 19.9 Å². The molecule has 0 bridgehead atoms. The molecular weight excluding hydrogens is 352 g/mol. The number of amides is 1. The van der Waals surface area contributed by atoms with Crippen LogP contribution in [-0.2, 0) is 0 Å². The average molecular weight is 374 g/mol. The van der Waals surface area contributed by atoms with Gasteiger partial charge in [0.25, 0.3) is 11.5 Å². The lowest BCUT2D eigenvalue weighted by atomic mass is 9.85. The maximum Gasteiger partial charge on any atom is 0.328 e. The van der Waals surface area contributed by atoms with E-state index in [0.717, 1.165) is 5.56 Å². The Hall–Kier alpha value is -2.78. The number of aromatic nitrogens is 3. The SMILES string of the molecule is Cc1cncc(C(=O)N[C@@H]2CC[C@@H](n3cc(C)c(=O)[nH]c3=O)[C@@H](O)[C@@H]2O)c1. The molecule has 0 unspecified atom stereocenters. The van der Waals surface area contributed by atoms with E-state index >= 15 is 0 Å². The fourth-order valence-electron chi connectivity index (χ4n) is 3.38. The average Bonchev–Trinajstić information content (AvgIpc) is 2.62. The van der Waals surface area contributed by atoms with Crippen molar-refractivity contribution in [2.24, 2.45) is 0 Å². The van der Waals surface area contributed by atoms with E-state index in [2.05, 4.69) is 15.3 Å². The summed E-state index contributed by atoms with van der Waals surface area (Å²) in [6, 6.07) is 0.319. The summed E-state index contributed by atoms with van der Waals surface area (Å²) in [6.07, 6.45) is 2.61. The second-order valence-corrected chi connectivity index (χ2v) is 6.94. The number of hydrogen-bond acceptors (Lipinski definition) is 6. The van der Waals surface area contributed by atoms with Crippen LogP contribution in [0.5, 0.6) is 0 Å². The van der Waals surface area contributed by atoms with Crippen molar-refractivity contribution in [2.75, 3.05) is 0 Å². The molecule has 9 heteroatoms. The first-order chi connectivity index (χ1) is 12.8. The van der Waals surface area contributed by atoms with Crippen molar-refractivity contribution >= 4 is 5.91 Å². The summed E-state index contributed by atoms with van der Waals surface area (Å²) in [6.45, 7) is 3.37. The number of H-pyrrole nitrogens is 1. The second kappa shape index (κ2) is 7.45. The van der Waals surface area contributed by atoms with Gasteiger partial charge in [-0.25, -0.2) is 4.79 Å². The normalized spacial score (nSPS) is 25.2. The van der Waals surface area contributed by atoms with Gasteiger partial charge < -0.3 is 15.5 Å². The molecule has 144 valence electrons. The molecule has 1 fully saturated rings. The Balaban J connectivity index is 1.76. The predicted molar refractivity (Wildman–Crippen MR) is 96.6 cm³/mol. The molecule has 3 rings (SSSR count). The quantitative estimate of drug-likeness (QED) is 0.566. The maximum absolute atomic E-state index is 12.4. The molecule has 0 radical (unpaired) electrons. The van der Waals surface area contributed by atoms with E-state index in [0.29, 0.717) is 24.0 Å². The molecule has 1 aliphatic rings. The van der Waals surface area contributed by atoms with Crippen molar-refractivity contribution in [1.29, 1.82) is 0 Å². The molecule has 2 aromatic rings. The van der Waals surface area contributed by atoms with Crippen LogP contribution in [-0.4, -0.2) is 48.9 Å². The molecule has 4 atom stereocenters. The molecule has 2 aromatic heterocycles. The van der Waals surface area contributed by atoms with Crippen LogP contribution < -0.4 is 16.6 Å². The molecule has 0 saturated heterocycles. The maximum atomic E-state index is 12.4. The van der Waals surface area contributed by atoms with Gasteiger partial charge in [-0.2, -0.15) is 0 Å². The molecule has 0 aliphatic heterocycles. The number of aliphatic hydroxyl groups is 2. The summed E-state index contributed by atoms with van der Waals surface area (Å²) < 4.78 is 1.23. The number of aryl methyl sites for hydroxylation is 2. The van der Waals surface area contributed by atoms with Gasteiger partial charge in [0.05, 0.1) is 17.6 Å². The highest BCUT2D eigenvalue weighted by Crippen LogP contribution is 2.28. The Morgan fingerprint density at radius 1 is 1.22 bits per heavy atom. The summed E-state index contributed by atoms with van der Waals surface area (Å²) in [5.41, 5.74) is 0.402. The first-order valence-corrected chi connectivity index (χ1v) is 8.68.